The number of hydrogen-bond acceptors (Lipinski definition) is 6. The monoisotopic (exact) mass is 516 g/mol. The molecule has 0 radical (unpaired) electrons. The molecule has 4 bridgehead atoms. The van der Waals surface area contributed by atoms with E-state index in [2.05, 4.69) is 28.4 Å². The second-order valence-electron chi connectivity index (χ2n) is 12.4. The topological polar surface area (TPSA) is 80.3 Å². The Bertz CT molecular complexity index is 1300. The summed E-state index contributed by atoms with van der Waals surface area (Å²) in [5.74, 6) is 1.99. The molecule has 2 spiro atoms. The van der Waals surface area contributed by atoms with Crippen LogP contribution in [0.25, 0.3) is 0 Å². The van der Waals surface area contributed by atoms with Crippen LogP contribution >= 0.6 is 0 Å². The maximum absolute atomic E-state index is 13.7. The van der Waals surface area contributed by atoms with Crippen LogP contribution in [0.3, 0.4) is 0 Å². The number of amides is 1. The number of likely N-dealkylation sites (tertiary alicyclic amines) is 1. The second-order valence-corrected chi connectivity index (χ2v) is 12.4. The lowest BCUT2D eigenvalue weighted by Gasteiger charge is -2.72. The summed E-state index contributed by atoms with van der Waals surface area (Å²) in [7, 11) is 1.67. The largest absolute Gasteiger partial charge is 0.493 e. The average Bonchev–Trinajstić information content (AvgIpc) is 3.67. The van der Waals surface area contributed by atoms with Crippen LogP contribution in [0.4, 0.5) is 0 Å². The first-order chi connectivity index (χ1) is 18.5. The minimum absolute atomic E-state index is 0.166. The molecule has 2 N–H and O–H groups in total. The fourth-order valence-corrected chi connectivity index (χ4v) is 8.82. The molecule has 2 aromatic carbocycles. The van der Waals surface area contributed by atoms with E-state index in [1.165, 1.54) is 29.5 Å². The fourth-order valence-electron chi connectivity index (χ4n) is 8.82. The molecule has 9 rings (SSSR count). The molecule has 7 heteroatoms. The number of piperidine rings is 1. The molecule has 7 aliphatic rings. The average molecular weight is 517 g/mol. The Hall–Kier alpha value is -2.61. The van der Waals surface area contributed by atoms with Crippen molar-refractivity contribution >= 4 is 5.91 Å². The Balaban J connectivity index is 1.18. The predicted molar refractivity (Wildman–Crippen MR) is 140 cm³/mol. The van der Waals surface area contributed by atoms with Gasteiger partial charge in [-0.15, -0.1) is 0 Å². The van der Waals surface area contributed by atoms with Gasteiger partial charge in [-0.3, -0.25) is 9.69 Å². The number of fused-ring (bicyclic) bond motifs is 2. The minimum Gasteiger partial charge on any atom is -0.493 e. The highest BCUT2D eigenvalue weighted by Gasteiger charge is 2.82. The van der Waals surface area contributed by atoms with Gasteiger partial charge in [0.05, 0.1) is 18.1 Å². The summed E-state index contributed by atoms with van der Waals surface area (Å²) in [5.41, 5.74) is 1.18. The van der Waals surface area contributed by atoms with Gasteiger partial charge in [0, 0.05) is 24.7 Å². The Morgan fingerprint density at radius 2 is 2.00 bits per heavy atom. The van der Waals surface area contributed by atoms with Crippen molar-refractivity contribution in [2.45, 2.75) is 79.8 Å². The van der Waals surface area contributed by atoms with Gasteiger partial charge >= 0.3 is 0 Å². The zero-order valence-corrected chi connectivity index (χ0v) is 21.9. The molecule has 3 aliphatic carbocycles. The van der Waals surface area contributed by atoms with Crippen LogP contribution < -0.4 is 14.8 Å². The summed E-state index contributed by atoms with van der Waals surface area (Å²) < 4.78 is 19.6. The number of carbonyl (C=O) groups excluding carboxylic acids is 1. The maximum Gasteiger partial charge on any atom is 0.252 e. The van der Waals surface area contributed by atoms with Gasteiger partial charge in [-0.05, 0) is 74.6 Å². The molecule has 3 saturated heterocycles. The Morgan fingerprint density at radius 1 is 1.16 bits per heavy atom. The third-order valence-corrected chi connectivity index (χ3v) is 10.6. The molecule has 5 fully saturated rings. The third kappa shape index (κ3) is 2.87. The number of benzene rings is 2. The number of ether oxygens (including phenoxy) is 3. The summed E-state index contributed by atoms with van der Waals surface area (Å²) in [5, 5.41) is 15.5. The lowest BCUT2D eigenvalue weighted by Crippen LogP contribution is -2.87. The fraction of sp³-hybridized carbons (Fsp3) is 0.581. The number of nitrogens with zero attached hydrogens (tertiary/aromatic N) is 1. The number of methoxy groups -OCH3 is 1. The summed E-state index contributed by atoms with van der Waals surface area (Å²) in [6, 6.07) is 14.5. The molecule has 38 heavy (non-hydrogen) atoms. The molecular weight excluding hydrogens is 480 g/mol. The molecule has 6 unspecified atom stereocenters. The molecule has 7 nitrogen and oxygen atoms in total. The van der Waals surface area contributed by atoms with Crippen molar-refractivity contribution in [3.05, 3.63) is 59.2 Å². The van der Waals surface area contributed by atoms with E-state index in [1.54, 1.807) is 7.11 Å². The minimum atomic E-state index is -1.40. The first-order valence-corrected chi connectivity index (χ1v) is 14.3. The number of carbonyl (C=O) groups is 1. The number of rotatable bonds is 7. The van der Waals surface area contributed by atoms with Crippen molar-refractivity contribution in [1.29, 1.82) is 0 Å². The van der Waals surface area contributed by atoms with Crippen molar-refractivity contribution in [3.63, 3.8) is 0 Å². The smallest absolute Gasteiger partial charge is 0.252 e. The van der Waals surface area contributed by atoms with Gasteiger partial charge in [-0.2, -0.15) is 0 Å². The quantitative estimate of drug-likeness (QED) is 0.589. The van der Waals surface area contributed by atoms with Crippen molar-refractivity contribution in [2.24, 2.45) is 5.92 Å². The van der Waals surface area contributed by atoms with Gasteiger partial charge < -0.3 is 24.6 Å². The van der Waals surface area contributed by atoms with Gasteiger partial charge in [0.1, 0.15) is 11.7 Å². The molecule has 0 aromatic heterocycles. The third-order valence-electron chi connectivity index (χ3n) is 10.6. The maximum atomic E-state index is 13.7. The van der Waals surface area contributed by atoms with Crippen LogP contribution in [-0.2, 0) is 27.8 Å². The Labute approximate surface area is 223 Å². The summed E-state index contributed by atoms with van der Waals surface area (Å²) in [6.07, 6.45) is 4.81. The molecule has 1 amide bonds. The zero-order valence-electron chi connectivity index (χ0n) is 21.9. The molecule has 4 heterocycles. The van der Waals surface area contributed by atoms with Crippen LogP contribution in [0, 0.1) is 5.92 Å². The van der Waals surface area contributed by atoms with Crippen molar-refractivity contribution in [1.82, 2.24) is 10.2 Å². The van der Waals surface area contributed by atoms with E-state index in [4.69, 9.17) is 14.2 Å². The van der Waals surface area contributed by atoms with Crippen molar-refractivity contribution in [3.8, 4) is 11.5 Å². The Kier molecular flexibility index (Phi) is 4.88. The second kappa shape index (κ2) is 7.96. The molecule has 200 valence electrons. The number of aliphatic hydroxyl groups is 1. The predicted octanol–water partition coefficient (Wildman–Crippen LogP) is 2.76. The summed E-state index contributed by atoms with van der Waals surface area (Å²) in [4.78, 5) is 16.4. The van der Waals surface area contributed by atoms with Gasteiger partial charge in [0.25, 0.3) is 5.91 Å². The van der Waals surface area contributed by atoms with Crippen LogP contribution in [0.2, 0.25) is 0 Å². The molecule has 6 atom stereocenters. The van der Waals surface area contributed by atoms with E-state index in [0.717, 1.165) is 50.4 Å². The summed E-state index contributed by atoms with van der Waals surface area (Å²) >= 11 is 0. The summed E-state index contributed by atoms with van der Waals surface area (Å²) in [6.45, 7) is 2.55. The molecular formula is C31H36N2O5. The van der Waals surface area contributed by atoms with Crippen LogP contribution in [0.5, 0.6) is 11.5 Å². The first-order valence-electron chi connectivity index (χ1n) is 14.3. The van der Waals surface area contributed by atoms with Gasteiger partial charge in [-0.1, -0.05) is 36.4 Å². The van der Waals surface area contributed by atoms with Crippen LogP contribution in [0.15, 0.2) is 42.5 Å². The first kappa shape index (κ1) is 23.3. The van der Waals surface area contributed by atoms with Crippen LogP contribution in [-0.4, -0.2) is 72.1 Å². The van der Waals surface area contributed by atoms with E-state index in [9.17, 15) is 9.90 Å². The van der Waals surface area contributed by atoms with Crippen molar-refractivity contribution < 1.29 is 24.1 Å². The highest BCUT2D eigenvalue weighted by atomic mass is 16.6. The van der Waals surface area contributed by atoms with Crippen LogP contribution in [0.1, 0.15) is 48.8 Å². The van der Waals surface area contributed by atoms with E-state index in [1.807, 2.05) is 24.3 Å². The highest BCUT2D eigenvalue weighted by molar-refractivity contribution is 5.83. The van der Waals surface area contributed by atoms with E-state index in [0.29, 0.717) is 18.7 Å². The number of nitrogens with one attached hydrogen (secondary N) is 1. The van der Waals surface area contributed by atoms with Gasteiger partial charge in [-0.25, -0.2) is 0 Å². The van der Waals surface area contributed by atoms with Gasteiger partial charge in [0.15, 0.2) is 17.6 Å². The SMILES string of the molecule is COc1ccc2c3c1OC1C4(O)CCC5(OC4C(=O)NCCc4ccccc4)C(C2)N(CC2CC2)CCC315. The van der Waals surface area contributed by atoms with E-state index < -0.39 is 28.8 Å². The lowest BCUT2D eigenvalue weighted by molar-refractivity contribution is -0.345. The molecule has 2 saturated carbocycles. The number of hydrogen-bond donors (Lipinski definition) is 2. The lowest BCUT2D eigenvalue weighted by atomic mass is 9.44. The van der Waals surface area contributed by atoms with E-state index >= 15 is 0 Å². The van der Waals surface area contributed by atoms with Gasteiger partial charge in [0.2, 0.25) is 0 Å². The normalized spacial score (nSPS) is 37.9. The standard InChI is InChI=1S/C31H36N2O5/c1-36-22-10-9-21-17-23-31-13-12-30(35,26(38-31)27(34)32-15-11-19-5-3-2-4-6-19)28-29(31,24(21)25(22)37-28)14-16-33(23)18-20-7-8-20/h2-6,9-10,20,23,26,28,35H,7-8,11-18H2,1H3,(H,32,34). The molecule has 2 aromatic rings. The van der Waals surface area contributed by atoms with E-state index in [-0.39, 0.29) is 11.9 Å². The van der Waals surface area contributed by atoms with Crippen molar-refractivity contribution in [2.75, 3.05) is 26.7 Å². The Morgan fingerprint density at radius 3 is 2.79 bits per heavy atom. The molecule has 4 aliphatic heterocycles. The zero-order chi connectivity index (χ0) is 25.7. The highest BCUT2D eigenvalue weighted by Crippen LogP contribution is 2.71.